The Morgan fingerprint density at radius 3 is 2.88 bits per heavy atom. The van der Waals surface area contributed by atoms with Crippen molar-refractivity contribution in [1.82, 2.24) is 5.32 Å². The molecule has 0 aromatic heterocycles. The maximum absolute atomic E-state index is 5.25. The van der Waals surface area contributed by atoms with E-state index in [1.807, 2.05) is 17.8 Å². The van der Waals surface area contributed by atoms with Crippen LogP contribution in [0.2, 0.25) is 0 Å². The average molecular weight is 239 g/mol. The Bertz CT molecular complexity index is 304. The highest BCUT2D eigenvalue weighted by atomic mass is 32.2. The number of nitrogens with one attached hydrogen (secondary N) is 1. The molecule has 1 rings (SSSR count). The minimum absolute atomic E-state index is 0.421. The van der Waals surface area contributed by atoms with E-state index in [0.717, 1.165) is 24.5 Å². The summed E-state index contributed by atoms with van der Waals surface area (Å²) in [6.45, 7) is 3.25. The van der Waals surface area contributed by atoms with Crippen LogP contribution in [0.25, 0.3) is 0 Å². The van der Waals surface area contributed by atoms with E-state index in [9.17, 15) is 0 Å². The molecule has 0 saturated heterocycles. The molecular formula is C13H21NOS. The van der Waals surface area contributed by atoms with Gasteiger partial charge in [-0.25, -0.2) is 0 Å². The lowest BCUT2D eigenvalue weighted by Gasteiger charge is -2.18. The molecule has 3 heteroatoms. The van der Waals surface area contributed by atoms with Crippen molar-refractivity contribution >= 4 is 11.8 Å². The molecule has 0 radical (unpaired) electrons. The van der Waals surface area contributed by atoms with Crippen LogP contribution in [0, 0.1) is 0 Å². The standard InChI is InChI=1S/C13H21NOS/c1-4-8-14-13(10-16-3)11-6-5-7-12(9-11)15-2/h5-7,9,13-14H,4,8,10H2,1-3H3. The van der Waals surface area contributed by atoms with Gasteiger partial charge in [0.1, 0.15) is 5.75 Å². The van der Waals surface area contributed by atoms with Crippen LogP contribution in [0.5, 0.6) is 5.75 Å². The number of methoxy groups -OCH3 is 1. The van der Waals surface area contributed by atoms with Gasteiger partial charge in [-0.15, -0.1) is 0 Å². The number of hydrogen-bond acceptors (Lipinski definition) is 3. The molecule has 1 atom stereocenters. The van der Waals surface area contributed by atoms with Crippen LogP contribution in [-0.4, -0.2) is 25.7 Å². The van der Waals surface area contributed by atoms with E-state index in [1.165, 1.54) is 5.56 Å². The molecule has 0 aliphatic rings. The third-order valence-corrected chi connectivity index (χ3v) is 3.14. The van der Waals surface area contributed by atoms with Gasteiger partial charge < -0.3 is 10.1 Å². The summed E-state index contributed by atoms with van der Waals surface area (Å²) < 4.78 is 5.25. The Hall–Kier alpha value is -0.670. The lowest BCUT2D eigenvalue weighted by molar-refractivity contribution is 0.413. The molecular weight excluding hydrogens is 218 g/mol. The quantitative estimate of drug-likeness (QED) is 0.790. The van der Waals surface area contributed by atoms with E-state index < -0.39 is 0 Å². The Morgan fingerprint density at radius 1 is 1.44 bits per heavy atom. The van der Waals surface area contributed by atoms with E-state index in [4.69, 9.17) is 4.74 Å². The monoisotopic (exact) mass is 239 g/mol. The smallest absolute Gasteiger partial charge is 0.119 e. The molecule has 0 heterocycles. The number of hydrogen-bond donors (Lipinski definition) is 1. The average Bonchev–Trinajstić information content (AvgIpc) is 2.34. The van der Waals surface area contributed by atoms with E-state index in [0.29, 0.717) is 6.04 Å². The molecule has 16 heavy (non-hydrogen) atoms. The second-order valence-corrected chi connectivity index (χ2v) is 4.65. The van der Waals surface area contributed by atoms with Crippen LogP contribution in [0.15, 0.2) is 24.3 Å². The third-order valence-electron chi connectivity index (χ3n) is 2.47. The first-order valence-electron chi connectivity index (χ1n) is 5.68. The van der Waals surface area contributed by atoms with Crippen LogP contribution in [0.3, 0.4) is 0 Å². The highest BCUT2D eigenvalue weighted by Gasteiger charge is 2.10. The zero-order valence-electron chi connectivity index (χ0n) is 10.3. The Morgan fingerprint density at radius 2 is 2.25 bits per heavy atom. The summed E-state index contributed by atoms with van der Waals surface area (Å²) in [7, 11) is 1.71. The second kappa shape index (κ2) is 7.58. The molecule has 0 aliphatic carbocycles. The zero-order valence-corrected chi connectivity index (χ0v) is 11.1. The van der Waals surface area contributed by atoms with Gasteiger partial charge in [0, 0.05) is 11.8 Å². The minimum Gasteiger partial charge on any atom is -0.497 e. The number of thioether (sulfide) groups is 1. The van der Waals surface area contributed by atoms with Crippen LogP contribution >= 0.6 is 11.8 Å². The maximum atomic E-state index is 5.25. The predicted molar refractivity (Wildman–Crippen MR) is 72.4 cm³/mol. The molecule has 0 fully saturated rings. The minimum atomic E-state index is 0.421. The van der Waals surface area contributed by atoms with Crippen molar-refractivity contribution in [2.24, 2.45) is 0 Å². The van der Waals surface area contributed by atoms with E-state index in [-0.39, 0.29) is 0 Å². The fraction of sp³-hybridized carbons (Fsp3) is 0.538. The number of ether oxygens (including phenoxy) is 1. The lowest BCUT2D eigenvalue weighted by Crippen LogP contribution is -2.24. The largest absolute Gasteiger partial charge is 0.497 e. The molecule has 1 aromatic carbocycles. The van der Waals surface area contributed by atoms with Gasteiger partial charge in [0.25, 0.3) is 0 Å². The second-order valence-electron chi connectivity index (χ2n) is 3.74. The summed E-state index contributed by atoms with van der Waals surface area (Å²) in [6.07, 6.45) is 3.30. The number of rotatable bonds is 7. The predicted octanol–water partition coefficient (Wildman–Crippen LogP) is 3.10. The van der Waals surface area contributed by atoms with Crippen molar-refractivity contribution < 1.29 is 4.74 Å². The first kappa shape index (κ1) is 13.4. The first-order valence-corrected chi connectivity index (χ1v) is 7.07. The van der Waals surface area contributed by atoms with Gasteiger partial charge in [-0.2, -0.15) is 11.8 Å². The van der Waals surface area contributed by atoms with Crippen molar-refractivity contribution in [3.63, 3.8) is 0 Å². The molecule has 0 bridgehead atoms. The van der Waals surface area contributed by atoms with Crippen molar-refractivity contribution in [2.75, 3.05) is 25.7 Å². The summed E-state index contributed by atoms with van der Waals surface area (Å²) in [5.41, 5.74) is 1.31. The Labute approximate surface area is 103 Å². The van der Waals surface area contributed by atoms with E-state index >= 15 is 0 Å². The summed E-state index contributed by atoms with van der Waals surface area (Å²) in [5, 5.41) is 3.56. The van der Waals surface area contributed by atoms with Gasteiger partial charge >= 0.3 is 0 Å². The molecule has 0 aliphatic heterocycles. The summed E-state index contributed by atoms with van der Waals surface area (Å²) in [5.74, 6) is 2.02. The van der Waals surface area contributed by atoms with Crippen molar-refractivity contribution in [3.8, 4) is 5.75 Å². The van der Waals surface area contributed by atoms with Gasteiger partial charge in [0.15, 0.2) is 0 Å². The molecule has 1 unspecified atom stereocenters. The van der Waals surface area contributed by atoms with Gasteiger partial charge in [0.2, 0.25) is 0 Å². The van der Waals surface area contributed by atoms with Crippen molar-refractivity contribution in [3.05, 3.63) is 29.8 Å². The van der Waals surface area contributed by atoms with Crippen LogP contribution in [-0.2, 0) is 0 Å². The van der Waals surface area contributed by atoms with Crippen LogP contribution in [0.4, 0.5) is 0 Å². The zero-order chi connectivity index (χ0) is 11.8. The normalized spacial score (nSPS) is 12.4. The molecule has 2 nitrogen and oxygen atoms in total. The summed E-state index contributed by atoms with van der Waals surface area (Å²) >= 11 is 1.87. The van der Waals surface area contributed by atoms with E-state index in [2.05, 4.69) is 36.7 Å². The topological polar surface area (TPSA) is 21.3 Å². The SMILES string of the molecule is CCCNC(CSC)c1cccc(OC)c1. The Balaban J connectivity index is 2.73. The molecule has 1 aromatic rings. The summed E-state index contributed by atoms with van der Waals surface area (Å²) in [4.78, 5) is 0. The van der Waals surface area contributed by atoms with Gasteiger partial charge in [-0.1, -0.05) is 19.1 Å². The van der Waals surface area contributed by atoms with Gasteiger partial charge in [-0.3, -0.25) is 0 Å². The van der Waals surface area contributed by atoms with E-state index in [1.54, 1.807) is 7.11 Å². The number of benzene rings is 1. The fourth-order valence-corrected chi connectivity index (χ4v) is 2.26. The maximum Gasteiger partial charge on any atom is 0.119 e. The Kier molecular flexibility index (Phi) is 6.34. The molecule has 0 saturated carbocycles. The van der Waals surface area contributed by atoms with Crippen molar-refractivity contribution in [1.29, 1.82) is 0 Å². The van der Waals surface area contributed by atoms with Gasteiger partial charge in [0.05, 0.1) is 7.11 Å². The van der Waals surface area contributed by atoms with Crippen molar-refractivity contribution in [2.45, 2.75) is 19.4 Å². The summed E-state index contributed by atoms with van der Waals surface area (Å²) in [6, 6.07) is 8.73. The lowest BCUT2D eigenvalue weighted by atomic mass is 10.1. The van der Waals surface area contributed by atoms with Gasteiger partial charge in [-0.05, 0) is 36.9 Å². The third kappa shape index (κ3) is 4.06. The first-order chi connectivity index (χ1) is 7.81. The highest BCUT2D eigenvalue weighted by molar-refractivity contribution is 7.98. The fourth-order valence-electron chi connectivity index (χ4n) is 1.62. The van der Waals surface area contributed by atoms with Crippen LogP contribution < -0.4 is 10.1 Å². The molecule has 0 amide bonds. The molecule has 0 spiro atoms. The highest BCUT2D eigenvalue weighted by Crippen LogP contribution is 2.21. The molecule has 90 valence electrons. The van der Waals surface area contributed by atoms with Crippen LogP contribution in [0.1, 0.15) is 24.9 Å². The molecule has 1 N–H and O–H groups in total.